The number of hydrogen-bond acceptors (Lipinski definition) is 6. The zero-order valence-electron chi connectivity index (χ0n) is 8.91. The smallest absolute Gasteiger partial charge is 0.360 e. The van der Waals surface area contributed by atoms with E-state index in [-0.39, 0.29) is 17.3 Å². The van der Waals surface area contributed by atoms with Gasteiger partial charge in [-0.1, -0.05) is 17.3 Å². The van der Waals surface area contributed by atoms with Crippen LogP contribution < -0.4 is 10.5 Å². The standard InChI is InChI=1S/C10H9N3O4/c1-16-7-5-3-2-4-6(7)8-9(13(14)15)10(11)17-12-8/h2-5H,11H2,1H3. The fourth-order valence-electron chi connectivity index (χ4n) is 1.49. The number of benzene rings is 1. The van der Waals surface area contributed by atoms with Crippen LogP contribution in [0.4, 0.5) is 11.6 Å². The highest BCUT2D eigenvalue weighted by atomic mass is 16.6. The Kier molecular flexibility index (Phi) is 2.65. The highest BCUT2D eigenvalue weighted by Crippen LogP contribution is 2.38. The van der Waals surface area contributed by atoms with Crippen molar-refractivity contribution >= 4 is 11.6 Å². The Morgan fingerprint density at radius 2 is 2.18 bits per heavy atom. The van der Waals surface area contributed by atoms with Crippen LogP contribution in [0.3, 0.4) is 0 Å². The van der Waals surface area contributed by atoms with Gasteiger partial charge in [-0.25, -0.2) is 0 Å². The van der Waals surface area contributed by atoms with Crippen LogP contribution in [0.15, 0.2) is 28.8 Å². The van der Waals surface area contributed by atoms with Crippen LogP contribution in [0, 0.1) is 10.1 Å². The minimum Gasteiger partial charge on any atom is -0.496 e. The number of ether oxygens (including phenoxy) is 1. The lowest BCUT2D eigenvalue weighted by atomic mass is 10.1. The number of aromatic nitrogens is 1. The lowest BCUT2D eigenvalue weighted by Crippen LogP contribution is -1.95. The van der Waals surface area contributed by atoms with Crippen LogP contribution in [-0.4, -0.2) is 17.2 Å². The fourth-order valence-corrected chi connectivity index (χ4v) is 1.49. The van der Waals surface area contributed by atoms with Gasteiger partial charge in [0.1, 0.15) is 5.75 Å². The SMILES string of the molecule is COc1ccccc1-c1noc(N)c1[N+](=O)[O-]. The highest BCUT2D eigenvalue weighted by molar-refractivity contribution is 5.78. The van der Waals surface area contributed by atoms with Gasteiger partial charge in [-0.2, -0.15) is 0 Å². The summed E-state index contributed by atoms with van der Waals surface area (Å²) in [5.74, 6) is 0.139. The molecule has 1 aromatic carbocycles. The van der Waals surface area contributed by atoms with E-state index in [4.69, 9.17) is 10.5 Å². The molecule has 2 aromatic rings. The lowest BCUT2D eigenvalue weighted by Gasteiger charge is -2.03. The van der Waals surface area contributed by atoms with Crippen molar-refractivity contribution in [3.8, 4) is 17.0 Å². The minimum atomic E-state index is -0.631. The molecule has 1 heterocycles. The Bertz CT molecular complexity index is 564. The first-order valence-corrected chi connectivity index (χ1v) is 4.68. The quantitative estimate of drug-likeness (QED) is 0.642. The van der Waals surface area contributed by atoms with E-state index in [1.165, 1.54) is 7.11 Å². The van der Waals surface area contributed by atoms with Crippen LogP contribution >= 0.6 is 0 Å². The Hall–Kier alpha value is -2.57. The van der Waals surface area contributed by atoms with Crippen LogP contribution in [0.5, 0.6) is 5.75 Å². The third-order valence-electron chi connectivity index (χ3n) is 2.24. The number of methoxy groups -OCH3 is 1. The van der Waals surface area contributed by atoms with Crippen molar-refractivity contribution in [2.45, 2.75) is 0 Å². The average molecular weight is 235 g/mol. The molecule has 0 atom stereocenters. The van der Waals surface area contributed by atoms with Crippen molar-refractivity contribution in [3.05, 3.63) is 34.4 Å². The molecular formula is C10H9N3O4. The summed E-state index contributed by atoms with van der Waals surface area (Å²) in [5.41, 5.74) is 5.53. The van der Waals surface area contributed by atoms with Gasteiger partial charge in [0.15, 0.2) is 5.69 Å². The molecule has 0 aliphatic carbocycles. The van der Waals surface area contributed by atoms with Crippen LogP contribution in [0.2, 0.25) is 0 Å². The number of para-hydroxylation sites is 1. The summed E-state index contributed by atoms with van der Waals surface area (Å²) in [5, 5.41) is 14.5. The molecule has 0 bridgehead atoms. The first kappa shape index (κ1) is 10.9. The van der Waals surface area contributed by atoms with Gasteiger partial charge in [0, 0.05) is 0 Å². The maximum atomic E-state index is 10.9. The normalized spacial score (nSPS) is 10.2. The Labute approximate surface area is 95.9 Å². The summed E-state index contributed by atoms with van der Waals surface area (Å²) in [7, 11) is 1.47. The number of anilines is 1. The van der Waals surface area contributed by atoms with Gasteiger partial charge >= 0.3 is 11.6 Å². The fraction of sp³-hybridized carbons (Fsp3) is 0.100. The highest BCUT2D eigenvalue weighted by Gasteiger charge is 2.27. The molecule has 0 aliphatic rings. The Morgan fingerprint density at radius 3 is 2.82 bits per heavy atom. The average Bonchev–Trinajstić information content (AvgIpc) is 2.71. The third kappa shape index (κ3) is 1.78. The number of nitrogen functional groups attached to an aromatic ring is 1. The van der Waals surface area contributed by atoms with Gasteiger partial charge in [0.25, 0.3) is 0 Å². The van der Waals surface area contributed by atoms with Gasteiger partial charge in [-0.15, -0.1) is 0 Å². The number of nitro groups is 1. The summed E-state index contributed by atoms with van der Waals surface area (Å²) < 4.78 is 9.74. The molecule has 1 aromatic heterocycles. The Morgan fingerprint density at radius 1 is 1.47 bits per heavy atom. The van der Waals surface area contributed by atoms with E-state index >= 15 is 0 Å². The molecule has 17 heavy (non-hydrogen) atoms. The largest absolute Gasteiger partial charge is 0.496 e. The molecule has 7 heteroatoms. The second kappa shape index (κ2) is 4.12. The first-order valence-electron chi connectivity index (χ1n) is 4.68. The number of rotatable bonds is 3. The van der Waals surface area contributed by atoms with Gasteiger partial charge in [-0.05, 0) is 12.1 Å². The van der Waals surface area contributed by atoms with Gasteiger partial charge in [0.2, 0.25) is 0 Å². The van der Waals surface area contributed by atoms with Crippen molar-refractivity contribution in [1.82, 2.24) is 5.16 Å². The molecule has 0 aliphatic heterocycles. The maximum absolute atomic E-state index is 10.9. The second-order valence-electron chi connectivity index (χ2n) is 3.20. The molecule has 0 unspecified atom stereocenters. The summed E-state index contributed by atoms with van der Waals surface area (Å²) in [6, 6.07) is 6.77. The van der Waals surface area contributed by atoms with E-state index in [0.717, 1.165) is 0 Å². The first-order chi connectivity index (χ1) is 8.15. The van der Waals surface area contributed by atoms with Gasteiger partial charge < -0.3 is 15.0 Å². The zero-order valence-corrected chi connectivity index (χ0v) is 8.91. The molecule has 2 rings (SSSR count). The van der Waals surface area contributed by atoms with Crippen LogP contribution in [0.25, 0.3) is 11.3 Å². The van der Waals surface area contributed by atoms with Crippen molar-refractivity contribution in [1.29, 1.82) is 0 Å². The predicted molar refractivity (Wildman–Crippen MR) is 59.6 cm³/mol. The maximum Gasteiger partial charge on any atom is 0.360 e. The summed E-state index contributed by atoms with van der Waals surface area (Å²) in [6.45, 7) is 0. The molecular weight excluding hydrogens is 226 g/mol. The van der Waals surface area contributed by atoms with E-state index in [1.807, 2.05) is 0 Å². The molecule has 0 spiro atoms. The molecule has 0 radical (unpaired) electrons. The van der Waals surface area contributed by atoms with Crippen molar-refractivity contribution in [2.75, 3.05) is 12.8 Å². The summed E-state index contributed by atoms with van der Waals surface area (Å²) in [4.78, 5) is 10.2. The zero-order chi connectivity index (χ0) is 12.4. The van der Waals surface area contributed by atoms with E-state index in [2.05, 4.69) is 9.68 Å². The van der Waals surface area contributed by atoms with Crippen molar-refractivity contribution in [2.24, 2.45) is 0 Å². The van der Waals surface area contributed by atoms with Crippen LogP contribution in [-0.2, 0) is 0 Å². The Balaban J connectivity index is 2.65. The molecule has 0 saturated carbocycles. The second-order valence-corrected chi connectivity index (χ2v) is 3.20. The van der Waals surface area contributed by atoms with Gasteiger partial charge in [0.05, 0.1) is 17.6 Å². The van der Waals surface area contributed by atoms with Gasteiger partial charge in [-0.3, -0.25) is 10.1 Å². The number of hydrogen-bond donors (Lipinski definition) is 1. The molecule has 0 amide bonds. The van der Waals surface area contributed by atoms with E-state index < -0.39 is 4.92 Å². The van der Waals surface area contributed by atoms with Crippen molar-refractivity contribution < 1.29 is 14.2 Å². The molecule has 0 fully saturated rings. The number of nitrogens with two attached hydrogens (primary N) is 1. The molecule has 88 valence electrons. The summed E-state index contributed by atoms with van der Waals surface area (Å²) in [6.07, 6.45) is 0. The van der Waals surface area contributed by atoms with E-state index in [1.54, 1.807) is 24.3 Å². The minimum absolute atomic E-state index is 0.0601. The van der Waals surface area contributed by atoms with E-state index in [9.17, 15) is 10.1 Å². The molecule has 2 N–H and O–H groups in total. The summed E-state index contributed by atoms with van der Waals surface area (Å²) >= 11 is 0. The van der Waals surface area contributed by atoms with Crippen molar-refractivity contribution in [3.63, 3.8) is 0 Å². The number of nitrogens with zero attached hydrogens (tertiary/aromatic N) is 2. The van der Waals surface area contributed by atoms with Crippen LogP contribution in [0.1, 0.15) is 0 Å². The predicted octanol–water partition coefficient (Wildman–Crippen LogP) is 1.84. The van der Waals surface area contributed by atoms with E-state index in [0.29, 0.717) is 11.3 Å². The topological polar surface area (TPSA) is 104 Å². The molecule has 0 saturated heterocycles. The third-order valence-corrected chi connectivity index (χ3v) is 2.24. The monoisotopic (exact) mass is 235 g/mol. The molecule has 7 nitrogen and oxygen atoms in total. The lowest BCUT2D eigenvalue weighted by molar-refractivity contribution is -0.383.